The van der Waals surface area contributed by atoms with Gasteiger partial charge in [-0.3, -0.25) is 4.79 Å². The molecule has 0 aromatic rings. The van der Waals surface area contributed by atoms with E-state index in [1.807, 2.05) is 18.7 Å². The third kappa shape index (κ3) is 3.80. The second-order valence-electron chi connectivity index (χ2n) is 4.61. The monoisotopic (exact) mass is 213 g/mol. The first kappa shape index (κ1) is 12.5. The number of carbonyl (C=O) groups is 1. The first-order valence-corrected chi connectivity index (χ1v) is 5.84. The summed E-state index contributed by atoms with van der Waals surface area (Å²) in [6.45, 7) is 8.51. The number of nitrogens with one attached hydrogen (secondary N) is 1. The second kappa shape index (κ2) is 6.08. The minimum atomic E-state index is 0.135. The zero-order valence-electron chi connectivity index (χ0n) is 9.83. The molecule has 1 rings (SSSR count). The zero-order valence-corrected chi connectivity index (χ0v) is 9.83. The van der Waals surface area contributed by atoms with E-state index >= 15 is 0 Å². The minimum Gasteiger partial charge on any atom is -0.342 e. The molecule has 1 fully saturated rings. The molecule has 1 heterocycles. The van der Waals surface area contributed by atoms with Crippen molar-refractivity contribution in [3.63, 3.8) is 0 Å². The van der Waals surface area contributed by atoms with Crippen LogP contribution in [0.15, 0.2) is 0 Å². The van der Waals surface area contributed by atoms with Crippen molar-refractivity contribution in [2.45, 2.75) is 20.3 Å². The van der Waals surface area contributed by atoms with E-state index in [1.54, 1.807) is 0 Å². The van der Waals surface area contributed by atoms with Gasteiger partial charge in [-0.2, -0.15) is 0 Å². The van der Waals surface area contributed by atoms with Gasteiger partial charge in [0.25, 0.3) is 0 Å². The van der Waals surface area contributed by atoms with Crippen LogP contribution in [-0.2, 0) is 4.79 Å². The number of carbonyl (C=O) groups excluding carboxylic acids is 1. The van der Waals surface area contributed by atoms with E-state index in [4.69, 9.17) is 5.73 Å². The first-order chi connectivity index (χ1) is 7.15. The van der Waals surface area contributed by atoms with E-state index in [2.05, 4.69) is 5.32 Å². The summed E-state index contributed by atoms with van der Waals surface area (Å²) >= 11 is 0. The van der Waals surface area contributed by atoms with Crippen LogP contribution in [0.25, 0.3) is 0 Å². The molecular formula is C11H23N3O. The van der Waals surface area contributed by atoms with E-state index in [9.17, 15) is 4.79 Å². The molecule has 0 aromatic heterocycles. The average molecular weight is 213 g/mol. The van der Waals surface area contributed by atoms with Crippen LogP contribution in [0.2, 0.25) is 0 Å². The largest absolute Gasteiger partial charge is 0.342 e. The molecule has 1 amide bonds. The fourth-order valence-corrected chi connectivity index (χ4v) is 1.78. The van der Waals surface area contributed by atoms with Crippen molar-refractivity contribution in [1.82, 2.24) is 10.2 Å². The number of hydrogen-bond acceptors (Lipinski definition) is 3. The summed E-state index contributed by atoms with van der Waals surface area (Å²) < 4.78 is 0. The number of nitrogens with two attached hydrogens (primary N) is 1. The first-order valence-electron chi connectivity index (χ1n) is 5.84. The van der Waals surface area contributed by atoms with Gasteiger partial charge >= 0.3 is 0 Å². The summed E-state index contributed by atoms with van der Waals surface area (Å²) in [5.41, 5.74) is 5.39. The van der Waals surface area contributed by atoms with Gasteiger partial charge in [-0.1, -0.05) is 13.8 Å². The van der Waals surface area contributed by atoms with Crippen molar-refractivity contribution < 1.29 is 4.79 Å². The Morgan fingerprint density at radius 3 is 2.73 bits per heavy atom. The molecule has 1 aliphatic rings. The maximum atomic E-state index is 11.5. The zero-order chi connectivity index (χ0) is 11.3. The highest BCUT2D eigenvalue weighted by Crippen LogP contribution is 2.17. The highest BCUT2D eigenvalue weighted by Gasteiger charge is 2.30. The summed E-state index contributed by atoms with van der Waals surface area (Å²) in [5, 5.41) is 3.36. The highest BCUT2D eigenvalue weighted by atomic mass is 16.2. The third-order valence-corrected chi connectivity index (χ3v) is 2.75. The number of likely N-dealkylation sites (tertiary alicyclic amines) is 1. The Bertz CT molecular complexity index is 200. The molecule has 0 bridgehead atoms. The molecule has 1 aliphatic heterocycles. The molecule has 88 valence electrons. The van der Waals surface area contributed by atoms with Crippen LogP contribution in [0.4, 0.5) is 0 Å². The standard InChI is InChI=1S/C11H23N3O/c1-9(2)11(15)14-7-10(8-14)6-13-5-3-4-12/h9-10,13H,3-8,12H2,1-2H3. The third-order valence-electron chi connectivity index (χ3n) is 2.75. The Morgan fingerprint density at radius 2 is 2.20 bits per heavy atom. The fraction of sp³-hybridized carbons (Fsp3) is 0.909. The fourth-order valence-electron chi connectivity index (χ4n) is 1.78. The SMILES string of the molecule is CC(C)C(=O)N1CC(CNCCCN)C1. The van der Waals surface area contributed by atoms with Crippen LogP contribution >= 0.6 is 0 Å². The van der Waals surface area contributed by atoms with E-state index in [1.165, 1.54) is 0 Å². The number of nitrogens with zero attached hydrogens (tertiary/aromatic N) is 1. The normalized spacial score (nSPS) is 16.9. The van der Waals surface area contributed by atoms with Crippen molar-refractivity contribution in [3.8, 4) is 0 Å². The Hall–Kier alpha value is -0.610. The van der Waals surface area contributed by atoms with E-state index in [-0.39, 0.29) is 11.8 Å². The van der Waals surface area contributed by atoms with Crippen LogP contribution in [0.3, 0.4) is 0 Å². The van der Waals surface area contributed by atoms with Gasteiger partial charge in [0.2, 0.25) is 5.91 Å². The number of amides is 1. The van der Waals surface area contributed by atoms with Gasteiger partial charge in [-0.15, -0.1) is 0 Å². The Balaban J connectivity index is 2.02. The Labute approximate surface area is 92.2 Å². The van der Waals surface area contributed by atoms with Crippen LogP contribution in [0.5, 0.6) is 0 Å². The Morgan fingerprint density at radius 1 is 1.53 bits per heavy atom. The molecule has 0 saturated carbocycles. The lowest BCUT2D eigenvalue weighted by Crippen LogP contribution is -2.54. The van der Waals surface area contributed by atoms with Gasteiger partial charge in [-0.25, -0.2) is 0 Å². The van der Waals surface area contributed by atoms with Crippen LogP contribution < -0.4 is 11.1 Å². The molecule has 3 N–H and O–H groups in total. The van der Waals surface area contributed by atoms with Crippen molar-refractivity contribution in [2.75, 3.05) is 32.7 Å². The van der Waals surface area contributed by atoms with E-state index in [0.717, 1.165) is 39.1 Å². The molecule has 0 spiro atoms. The van der Waals surface area contributed by atoms with Gasteiger partial charge in [0.15, 0.2) is 0 Å². The van der Waals surface area contributed by atoms with Crippen molar-refractivity contribution >= 4 is 5.91 Å². The second-order valence-corrected chi connectivity index (χ2v) is 4.61. The molecule has 0 aromatic carbocycles. The van der Waals surface area contributed by atoms with Gasteiger partial charge in [0.1, 0.15) is 0 Å². The maximum Gasteiger partial charge on any atom is 0.225 e. The van der Waals surface area contributed by atoms with Crippen molar-refractivity contribution in [2.24, 2.45) is 17.6 Å². The van der Waals surface area contributed by atoms with Gasteiger partial charge in [0, 0.05) is 31.5 Å². The lowest BCUT2D eigenvalue weighted by Gasteiger charge is -2.40. The summed E-state index contributed by atoms with van der Waals surface area (Å²) in [4.78, 5) is 13.5. The summed E-state index contributed by atoms with van der Waals surface area (Å²) in [7, 11) is 0. The molecule has 4 nitrogen and oxygen atoms in total. The van der Waals surface area contributed by atoms with Crippen molar-refractivity contribution in [3.05, 3.63) is 0 Å². The molecular weight excluding hydrogens is 190 g/mol. The quantitative estimate of drug-likeness (QED) is 0.612. The number of rotatable bonds is 6. The topological polar surface area (TPSA) is 58.4 Å². The molecule has 0 aliphatic carbocycles. The van der Waals surface area contributed by atoms with Crippen LogP contribution in [0.1, 0.15) is 20.3 Å². The summed E-state index contributed by atoms with van der Waals surface area (Å²) in [6, 6.07) is 0. The molecule has 4 heteroatoms. The summed E-state index contributed by atoms with van der Waals surface area (Å²) in [5.74, 6) is 1.06. The van der Waals surface area contributed by atoms with Crippen LogP contribution in [-0.4, -0.2) is 43.5 Å². The van der Waals surface area contributed by atoms with E-state index in [0.29, 0.717) is 5.92 Å². The molecule has 1 saturated heterocycles. The number of hydrogen-bond donors (Lipinski definition) is 2. The van der Waals surface area contributed by atoms with Gasteiger partial charge < -0.3 is 16.0 Å². The predicted octanol–water partition coefficient (Wildman–Crippen LogP) is 0.0392. The van der Waals surface area contributed by atoms with Crippen molar-refractivity contribution in [1.29, 1.82) is 0 Å². The van der Waals surface area contributed by atoms with Gasteiger partial charge in [-0.05, 0) is 19.5 Å². The Kier molecular flexibility index (Phi) is 5.05. The molecule has 0 unspecified atom stereocenters. The van der Waals surface area contributed by atoms with E-state index < -0.39 is 0 Å². The molecule has 15 heavy (non-hydrogen) atoms. The maximum absolute atomic E-state index is 11.5. The molecule has 0 radical (unpaired) electrons. The summed E-state index contributed by atoms with van der Waals surface area (Å²) in [6.07, 6.45) is 1.03. The van der Waals surface area contributed by atoms with Gasteiger partial charge in [0.05, 0.1) is 0 Å². The van der Waals surface area contributed by atoms with Crippen LogP contribution in [0, 0.1) is 11.8 Å². The highest BCUT2D eigenvalue weighted by molar-refractivity contribution is 5.78. The lowest BCUT2D eigenvalue weighted by molar-refractivity contribution is -0.140. The minimum absolute atomic E-state index is 0.135. The lowest BCUT2D eigenvalue weighted by atomic mass is 9.98. The average Bonchev–Trinajstić information content (AvgIpc) is 2.13. The molecule has 0 atom stereocenters. The smallest absolute Gasteiger partial charge is 0.225 e. The predicted molar refractivity (Wildman–Crippen MR) is 61.4 cm³/mol.